The Morgan fingerprint density at radius 1 is 1.43 bits per heavy atom. The third-order valence-electron chi connectivity index (χ3n) is 1.54. The van der Waals surface area contributed by atoms with Crippen molar-refractivity contribution < 1.29 is 19.4 Å². The van der Waals surface area contributed by atoms with Crippen LogP contribution in [0.1, 0.15) is 22.8 Å². The van der Waals surface area contributed by atoms with Gasteiger partial charge in [-0.1, -0.05) is 6.07 Å². The van der Waals surface area contributed by atoms with E-state index in [2.05, 4.69) is 9.78 Å². The molecule has 1 aromatic carbocycles. The molecule has 0 atom stereocenters. The van der Waals surface area contributed by atoms with Gasteiger partial charge in [-0.25, -0.2) is 4.79 Å². The van der Waals surface area contributed by atoms with Crippen LogP contribution in [0.3, 0.4) is 0 Å². The van der Waals surface area contributed by atoms with Gasteiger partial charge in [0.1, 0.15) is 0 Å². The van der Waals surface area contributed by atoms with Gasteiger partial charge in [0, 0.05) is 6.92 Å². The maximum absolute atomic E-state index is 10.6. The van der Waals surface area contributed by atoms with Gasteiger partial charge in [-0.2, -0.15) is 0 Å². The zero-order chi connectivity index (χ0) is 10.6. The SMILES string of the molecule is CC(=O)OOc1cc(C)ccc1C=O. The molecule has 4 nitrogen and oxygen atoms in total. The quantitative estimate of drug-likeness (QED) is 0.417. The molecule has 0 heterocycles. The van der Waals surface area contributed by atoms with Crippen molar-refractivity contribution >= 4 is 12.3 Å². The molecule has 0 fully saturated rings. The number of hydrogen-bond acceptors (Lipinski definition) is 4. The van der Waals surface area contributed by atoms with Crippen LogP contribution in [0.15, 0.2) is 18.2 Å². The van der Waals surface area contributed by atoms with E-state index >= 15 is 0 Å². The van der Waals surface area contributed by atoms with Gasteiger partial charge in [-0.05, 0) is 24.6 Å². The molecule has 0 N–H and O–H groups in total. The fraction of sp³-hybridized carbons (Fsp3) is 0.200. The Kier molecular flexibility index (Phi) is 3.23. The van der Waals surface area contributed by atoms with Crippen LogP contribution in [0.25, 0.3) is 0 Å². The molecule has 0 aliphatic carbocycles. The van der Waals surface area contributed by atoms with E-state index in [-0.39, 0.29) is 5.75 Å². The van der Waals surface area contributed by atoms with Gasteiger partial charge in [0.2, 0.25) is 0 Å². The van der Waals surface area contributed by atoms with E-state index in [9.17, 15) is 9.59 Å². The van der Waals surface area contributed by atoms with Gasteiger partial charge in [-0.15, -0.1) is 0 Å². The summed E-state index contributed by atoms with van der Waals surface area (Å²) in [6, 6.07) is 4.98. The van der Waals surface area contributed by atoms with Gasteiger partial charge < -0.3 is 0 Å². The molecule has 1 aromatic rings. The normalized spacial score (nSPS) is 9.29. The molecule has 1 rings (SSSR count). The lowest BCUT2D eigenvalue weighted by Gasteiger charge is -2.05. The number of carbonyl (C=O) groups excluding carboxylic acids is 2. The summed E-state index contributed by atoms with van der Waals surface area (Å²) in [5.41, 5.74) is 1.26. The molecule has 0 saturated carbocycles. The first-order valence-electron chi connectivity index (χ1n) is 4.04. The highest BCUT2D eigenvalue weighted by molar-refractivity contribution is 5.79. The van der Waals surface area contributed by atoms with Crippen LogP contribution in [0.5, 0.6) is 5.75 Å². The van der Waals surface area contributed by atoms with Crippen molar-refractivity contribution in [3.8, 4) is 5.75 Å². The van der Waals surface area contributed by atoms with E-state index < -0.39 is 5.97 Å². The summed E-state index contributed by atoms with van der Waals surface area (Å²) >= 11 is 0. The van der Waals surface area contributed by atoms with Crippen LogP contribution in [0.4, 0.5) is 0 Å². The summed E-state index contributed by atoms with van der Waals surface area (Å²) < 4.78 is 0. The Labute approximate surface area is 81.4 Å². The molecule has 4 heteroatoms. The maximum Gasteiger partial charge on any atom is 0.352 e. The molecule has 0 aliphatic heterocycles. The van der Waals surface area contributed by atoms with Crippen LogP contribution in [-0.4, -0.2) is 12.3 Å². The standard InChI is InChI=1S/C10H10O4/c1-7-3-4-9(6-11)10(5-7)14-13-8(2)12/h3-6H,1-2H3. The van der Waals surface area contributed by atoms with Crippen LogP contribution < -0.4 is 4.89 Å². The van der Waals surface area contributed by atoms with Crippen LogP contribution in [0.2, 0.25) is 0 Å². The molecule has 0 aliphatic rings. The van der Waals surface area contributed by atoms with E-state index in [0.29, 0.717) is 11.8 Å². The Morgan fingerprint density at radius 2 is 2.14 bits per heavy atom. The molecule has 0 bridgehead atoms. The molecule has 0 amide bonds. The molecule has 0 saturated heterocycles. The molecule has 14 heavy (non-hydrogen) atoms. The highest BCUT2D eigenvalue weighted by atomic mass is 17.2. The fourth-order valence-corrected chi connectivity index (χ4v) is 0.915. The molecule has 0 radical (unpaired) electrons. The third kappa shape index (κ3) is 2.58. The molecule has 0 aromatic heterocycles. The lowest BCUT2D eigenvalue weighted by Crippen LogP contribution is -2.04. The van der Waals surface area contributed by atoms with Gasteiger partial charge >= 0.3 is 5.97 Å². The average Bonchev–Trinajstić information content (AvgIpc) is 2.15. The molecular weight excluding hydrogens is 184 g/mol. The Bertz CT molecular complexity index is 357. The largest absolute Gasteiger partial charge is 0.352 e. The first-order valence-corrected chi connectivity index (χ1v) is 4.04. The van der Waals surface area contributed by atoms with E-state index in [1.807, 2.05) is 6.92 Å². The van der Waals surface area contributed by atoms with Gasteiger partial charge in [0.15, 0.2) is 12.0 Å². The highest BCUT2D eigenvalue weighted by Gasteiger charge is 2.05. The fourth-order valence-electron chi connectivity index (χ4n) is 0.915. The molecule has 0 spiro atoms. The summed E-state index contributed by atoms with van der Waals surface area (Å²) in [6.07, 6.45) is 0.637. The van der Waals surface area contributed by atoms with Crippen molar-refractivity contribution in [2.75, 3.05) is 0 Å². The molecule has 74 valence electrons. The highest BCUT2D eigenvalue weighted by Crippen LogP contribution is 2.18. The Balaban J connectivity index is 2.87. The smallest absolute Gasteiger partial charge is 0.298 e. The van der Waals surface area contributed by atoms with Crippen molar-refractivity contribution in [1.29, 1.82) is 0 Å². The van der Waals surface area contributed by atoms with Crippen molar-refractivity contribution in [2.24, 2.45) is 0 Å². The van der Waals surface area contributed by atoms with E-state index in [4.69, 9.17) is 0 Å². The lowest BCUT2D eigenvalue weighted by atomic mass is 10.1. The minimum absolute atomic E-state index is 0.246. The van der Waals surface area contributed by atoms with Crippen LogP contribution in [0, 0.1) is 6.92 Å². The number of carbonyl (C=O) groups is 2. The van der Waals surface area contributed by atoms with Gasteiger partial charge in [0.25, 0.3) is 0 Å². The summed E-state index contributed by atoms with van der Waals surface area (Å²) in [7, 11) is 0. The van der Waals surface area contributed by atoms with Gasteiger partial charge in [0.05, 0.1) is 5.56 Å². The number of benzene rings is 1. The summed E-state index contributed by atoms with van der Waals surface area (Å²) in [4.78, 5) is 30.0. The minimum atomic E-state index is -0.566. The lowest BCUT2D eigenvalue weighted by molar-refractivity contribution is -0.211. The number of hydrogen-bond donors (Lipinski definition) is 0. The second-order valence-corrected chi connectivity index (χ2v) is 2.82. The number of aryl methyl sites for hydroxylation is 1. The summed E-state index contributed by atoms with van der Waals surface area (Å²) in [5, 5.41) is 0. The maximum atomic E-state index is 10.6. The third-order valence-corrected chi connectivity index (χ3v) is 1.54. The monoisotopic (exact) mass is 194 g/mol. The predicted molar refractivity (Wildman–Crippen MR) is 49.0 cm³/mol. The summed E-state index contributed by atoms with van der Waals surface area (Å²) in [5.74, 6) is -0.321. The second-order valence-electron chi connectivity index (χ2n) is 2.82. The van der Waals surface area contributed by atoms with Crippen molar-refractivity contribution in [3.05, 3.63) is 29.3 Å². The van der Waals surface area contributed by atoms with Crippen LogP contribution in [-0.2, 0) is 9.68 Å². The van der Waals surface area contributed by atoms with E-state index in [0.717, 1.165) is 5.56 Å². The predicted octanol–water partition coefficient (Wildman–Crippen LogP) is 1.66. The topological polar surface area (TPSA) is 52.6 Å². The van der Waals surface area contributed by atoms with Crippen LogP contribution >= 0.6 is 0 Å². The zero-order valence-electron chi connectivity index (χ0n) is 7.94. The molecule has 0 unspecified atom stereocenters. The first-order chi connectivity index (χ1) is 6.63. The second kappa shape index (κ2) is 4.41. The van der Waals surface area contributed by atoms with E-state index in [1.165, 1.54) is 6.92 Å². The number of rotatable bonds is 3. The van der Waals surface area contributed by atoms with Crippen molar-refractivity contribution in [3.63, 3.8) is 0 Å². The zero-order valence-corrected chi connectivity index (χ0v) is 7.94. The van der Waals surface area contributed by atoms with Crippen molar-refractivity contribution in [1.82, 2.24) is 0 Å². The Morgan fingerprint density at radius 3 is 2.71 bits per heavy atom. The first kappa shape index (κ1) is 10.2. The average molecular weight is 194 g/mol. The van der Waals surface area contributed by atoms with Gasteiger partial charge in [-0.3, -0.25) is 14.6 Å². The van der Waals surface area contributed by atoms with E-state index in [1.54, 1.807) is 18.2 Å². The number of aldehydes is 1. The molecular formula is C10H10O4. The summed E-state index contributed by atoms with van der Waals surface area (Å²) in [6.45, 7) is 3.06. The minimum Gasteiger partial charge on any atom is -0.298 e. The Hall–Kier alpha value is -1.84. The van der Waals surface area contributed by atoms with Crippen molar-refractivity contribution in [2.45, 2.75) is 13.8 Å².